The van der Waals surface area contributed by atoms with Gasteiger partial charge in [0.05, 0.1) is 24.1 Å². The number of allylic oxidation sites excluding steroid dienone is 7. The van der Waals surface area contributed by atoms with E-state index in [0.717, 1.165) is 18.4 Å². The molecule has 1 amide bonds. The Morgan fingerprint density at radius 3 is 2.28 bits per heavy atom. The predicted molar refractivity (Wildman–Crippen MR) is 254 cm³/mol. The zero-order valence-electron chi connectivity index (χ0n) is 41.9. The van der Waals surface area contributed by atoms with Gasteiger partial charge in [-0.05, 0) is 109 Å². The number of ether oxygens (including phenoxy) is 6. The van der Waals surface area contributed by atoms with Gasteiger partial charge in [0.15, 0.2) is 5.78 Å². The first-order chi connectivity index (χ1) is 31.7. The fourth-order valence-electron chi connectivity index (χ4n) is 10.1. The summed E-state index contributed by atoms with van der Waals surface area (Å²) in [5, 5.41) is 23.4. The van der Waals surface area contributed by atoms with Gasteiger partial charge >= 0.3 is 5.97 Å². The topological polar surface area (TPSA) is 184 Å². The number of hydrogen-bond donors (Lipinski definition) is 2. The molecule has 1 aliphatic carbocycles. The number of Topliss-reactive ketones (excluding diaryl/α,β-unsaturated/α-hetero) is 3. The van der Waals surface area contributed by atoms with Crippen molar-refractivity contribution in [2.45, 2.75) is 186 Å². The number of aliphatic hydroxyl groups is 2. The Bertz CT molecular complexity index is 1840. The summed E-state index contributed by atoms with van der Waals surface area (Å²) in [5.41, 5.74) is 1.33. The molecule has 0 aromatic heterocycles. The standard InChI is InChI=1S/C53H81NO13/c1-32(2)65-45-25-21-39(29-46(45)63-10)20-24-41-31-44(55)35(5)28-37(7)48(57)49(64-11)47(56)36(6)27-34(4)16-14-15-33(3)18-22-40(62-9)30-42-23-19-38(8)53(61,67-42)50(58)51(59)54-26-13-12-17-43(54)52(60)66-41/h14-16,18,22,28,34-36,38-43,45-46,48-49,57,61H,1,12-13,17,19-21,23-27,29-31H2,2-11H3/b16-14+,22-18+,33-15+,37-28+/t34-,35-,36-,38-,39-,40-,41-,42+,43+,45-,46-,48-,49+,53-/m1/s1. The molecule has 2 N–H and O–H groups in total. The Hall–Kier alpha value is -3.79. The van der Waals surface area contributed by atoms with E-state index in [1.807, 2.05) is 51.2 Å². The fraction of sp³-hybridized carbons (Fsp3) is 0.717. The summed E-state index contributed by atoms with van der Waals surface area (Å²) in [6.45, 7) is 16.6. The van der Waals surface area contributed by atoms with Gasteiger partial charge in [-0.3, -0.25) is 19.2 Å². The molecule has 14 nitrogen and oxygen atoms in total. The largest absolute Gasteiger partial charge is 0.493 e. The van der Waals surface area contributed by atoms with E-state index < -0.39 is 77.8 Å². The van der Waals surface area contributed by atoms with Crippen molar-refractivity contribution in [3.63, 3.8) is 0 Å². The van der Waals surface area contributed by atoms with Crippen LogP contribution in [0.3, 0.4) is 0 Å². The second-order valence-electron chi connectivity index (χ2n) is 19.9. The summed E-state index contributed by atoms with van der Waals surface area (Å²) in [4.78, 5) is 71.7. The van der Waals surface area contributed by atoms with Crippen molar-refractivity contribution < 1.29 is 62.6 Å². The van der Waals surface area contributed by atoms with Gasteiger partial charge in [0.25, 0.3) is 11.7 Å². The number of nitrogens with zero attached hydrogens (tertiary/aromatic N) is 1. The maximum absolute atomic E-state index is 14.3. The van der Waals surface area contributed by atoms with E-state index in [1.54, 1.807) is 48.0 Å². The Balaban J connectivity index is 1.67. The predicted octanol–water partition coefficient (Wildman–Crippen LogP) is 7.49. The Morgan fingerprint density at radius 1 is 0.881 bits per heavy atom. The second-order valence-corrected chi connectivity index (χ2v) is 19.9. The first-order valence-corrected chi connectivity index (χ1v) is 24.5. The first kappa shape index (κ1) is 55.8. The van der Waals surface area contributed by atoms with E-state index in [9.17, 15) is 34.2 Å². The van der Waals surface area contributed by atoms with Gasteiger partial charge in [0.1, 0.15) is 36.2 Å². The maximum atomic E-state index is 14.3. The highest BCUT2D eigenvalue weighted by molar-refractivity contribution is 6.39. The number of ketones is 3. The first-order valence-electron chi connectivity index (χ1n) is 24.5. The van der Waals surface area contributed by atoms with Crippen LogP contribution in [0.5, 0.6) is 0 Å². The molecule has 0 spiro atoms. The number of rotatable bonds is 8. The average molecular weight is 940 g/mol. The minimum Gasteiger partial charge on any atom is -0.493 e. The van der Waals surface area contributed by atoms with Gasteiger partial charge in [-0.2, -0.15) is 0 Å². The Labute approximate surface area is 399 Å². The molecular formula is C53H81NO13. The third kappa shape index (κ3) is 15.6. The smallest absolute Gasteiger partial charge is 0.329 e. The number of carbonyl (C=O) groups is 5. The quantitative estimate of drug-likeness (QED) is 0.106. The lowest BCUT2D eigenvalue weighted by Crippen LogP contribution is -2.60. The Kier molecular flexibility index (Phi) is 21.9. The number of amides is 1. The van der Waals surface area contributed by atoms with Crippen molar-refractivity contribution in [3.8, 4) is 0 Å². The number of aliphatic hydroxyl groups excluding tert-OH is 1. The Morgan fingerprint density at radius 2 is 1.61 bits per heavy atom. The van der Waals surface area contributed by atoms with Crippen molar-refractivity contribution in [1.29, 1.82) is 0 Å². The number of esters is 1. The van der Waals surface area contributed by atoms with Gasteiger partial charge in [-0.25, -0.2) is 4.79 Å². The lowest BCUT2D eigenvalue weighted by Gasteiger charge is -2.42. The van der Waals surface area contributed by atoms with Gasteiger partial charge in [-0.15, -0.1) is 0 Å². The lowest BCUT2D eigenvalue weighted by atomic mass is 9.81. The molecule has 2 saturated heterocycles. The second kappa shape index (κ2) is 26.3. The van der Waals surface area contributed by atoms with Crippen LogP contribution < -0.4 is 0 Å². The number of carbonyl (C=O) groups excluding carboxylic acids is 5. The van der Waals surface area contributed by atoms with Gasteiger partial charge in [0.2, 0.25) is 5.79 Å². The molecule has 4 rings (SSSR count). The summed E-state index contributed by atoms with van der Waals surface area (Å²) in [6.07, 6.45) is 12.8. The van der Waals surface area contributed by atoms with Crippen molar-refractivity contribution in [2.24, 2.45) is 29.6 Å². The number of methoxy groups -OCH3 is 3. The molecule has 67 heavy (non-hydrogen) atoms. The molecule has 0 aromatic carbocycles. The zero-order valence-corrected chi connectivity index (χ0v) is 41.9. The molecule has 2 bridgehead atoms. The molecule has 14 heteroatoms. The summed E-state index contributed by atoms with van der Waals surface area (Å²) < 4.78 is 35.4. The van der Waals surface area contributed by atoms with E-state index in [-0.39, 0.29) is 55.0 Å². The van der Waals surface area contributed by atoms with Gasteiger partial charge in [-0.1, -0.05) is 76.3 Å². The summed E-state index contributed by atoms with van der Waals surface area (Å²) in [7, 11) is 4.60. The van der Waals surface area contributed by atoms with E-state index in [4.69, 9.17) is 28.4 Å². The molecule has 3 aliphatic heterocycles. The molecule has 4 aliphatic rings. The van der Waals surface area contributed by atoms with Crippen LogP contribution in [0.4, 0.5) is 0 Å². The molecule has 0 aromatic rings. The third-order valence-electron chi connectivity index (χ3n) is 14.3. The minimum atomic E-state index is -2.42. The minimum absolute atomic E-state index is 0.0210. The summed E-state index contributed by atoms with van der Waals surface area (Å²) in [6, 6.07) is -1.12. The number of piperidine rings is 1. The van der Waals surface area contributed by atoms with Crippen LogP contribution in [0.25, 0.3) is 0 Å². The molecule has 0 unspecified atom stereocenters. The summed E-state index contributed by atoms with van der Waals surface area (Å²) in [5.74, 6) is -6.85. The third-order valence-corrected chi connectivity index (χ3v) is 14.3. The van der Waals surface area contributed by atoms with Crippen molar-refractivity contribution >= 4 is 29.2 Å². The van der Waals surface area contributed by atoms with E-state index in [0.29, 0.717) is 69.1 Å². The van der Waals surface area contributed by atoms with Crippen LogP contribution in [0.1, 0.15) is 132 Å². The fourth-order valence-corrected chi connectivity index (χ4v) is 10.1. The van der Waals surface area contributed by atoms with Crippen molar-refractivity contribution in [1.82, 2.24) is 4.90 Å². The molecule has 3 heterocycles. The van der Waals surface area contributed by atoms with E-state index in [1.165, 1.54) is 12.0 Å². The van der Waals surface area contributed by atoms with Crippen molar-refractivity contribution in [2.75, 3.05) is 27.9 Å². The molecule has 3 fully saturated rings. The SMILES string of the molecule is C=C(C)O[C@@H]1CC[C@@H](CC[C@@H]2CC(=O)[C@H](C)/C=C(\C)[C@@H](O)[C@@H](OC)C(=O)[C@H](C)C[C@H](C)/C=C/C=C(C)/C=C/[C@@H](OC)C[C@@H]3CC[C@@H](C)[C@@](O)(O3)C(=O)C(=O)N3CCCC[C@H]3C(=O)O2)C[C@H]1OC. The molecule has 14 atom stereocenters. The molecule has 0 radical (unpaired) electrons. The van der Waals surface area contributed by atoms with Crippen LogP contribution in [0.15, 0.2) is 59.9 Å². The van der Waals surface area contributed by atoms with E-state index in [2.05, 4.69) is 6.58 Å². The summed E-state index contributed by atoms with van der Waals surface area (Å²) >= 11 is 0. The number of hydrogen-bond acceptors (Lipinski definition) is 13. The zero-order chi connectivity index (χ0) is 49.6. The van der Waals surface area contributed by atoms with Gasteiger partial charge < -0.3 is 43.5 Å². The average Bonchev–Trinajstić information content (AvgIpc) is 3.29. The van der Waals surface area contributed by atoms with Crippen LogP contribution in [-0.2, 0) is 52.4 Å². The normalized spacial score (nSPS) is 39.0. The molecule has 1 saturated carbocycles. The highest BCUT2D eigenvalue weighted by atomic mass is 16.6. The monoisotopic (exact) mass is 940 g/mol. The highest BCUT2D eigenvalue weighted by Crippen LogP contribution is 2.37. The molecule has 376 valence electrons. The van der Waals surface area contributed by atoms with Crippen LogP contribution in [-0.4, -0.2) is 127 Å². The highest BCUT2D eigenvalue weighted by Gasteiger charge is 2.53. The number of fused-ring (bicyclic) bond motifs is 3. The number of cyclic esters (lactones) is 1. The lowest BCUT2D eigenvalue weighted by molar-refractivity contribution is -0.265. The van der Waals surface area contributed by atoms with Crippen LogP contribution in [0.2, 0.25) is 0 Å². The van der Waals surface area contributed by atoms with Crippen LogP contribution in [0, 0.1) is 29.6 Å². The maximum Gasteiger partial charge on any atom is 0.329 e. The molecular weight excluding hydrogens is 859 g/mol. The van der Waals surface area contributed by atoms with Crippen molar-refractivity contribution in [3.05, 3.63) is 59.9 Å². The van der Waals surface area contributed by atoms with Crippen LogP contribution >= 0.6 is 0 Å². The van der Waals surface area contributed by atoms with Gasteiger partial charge in [0, 0.05) is 58.5 Å². The van der Waals surface area contributed by atoms with E-state index >= 15 is 0 Å².